The third kappa shape index (κ3) is 4.76. The first-order chi connectivity index (χ1) is 17.0. The number of non-ortho nitro benzene ring substituents is 1. The molecule has 3 aromatic carbocycles. The predicted octanol–water partition coefficient (Wildman–Crippen LogP) is 5.36. The van der Waals surface area contributed by atoms with Gasteiger partial charge < -0.3 is 10.2 Å². The van der Waals surface area contributed by atoms with Gasteiger partial charge in [0, 0.05) is 47.6 Å². The third-order valence-electron chi connectivity index (χ3n) is 6.26. The second kappa shape index (κ2) is 9.63. The number of hydrogen-bond donors (Lipinski definition) is 1. The van der Waals surface area contributed by atoms with Crippen LogP contribution in [0, 0.1) is 16.0 Å². The van der Waals surface area contributed by atoms with E-state index in [1.165, 1.54) is 23.5 Å². The summed E-state index contributed by atoms with van der Waals surface area (Å²) in [5, 5.41) is 18.1. The predicted molar refractivity (Wildman–Crippen MR) is 135 cm³/mol. The summed E-state index contributed by atoms with van der Waals surface area (Å²) in [7, 11) is 0. The quantitative estimate of drug-likeness (QED) is 0.302. The fourth-order valence-electron chi connectivity index (χ4n) is 4.38. The number of benzene rings is 3. The van der Waals surface area contributed by atoms with Crippen molar-refractivity contribution in [3.63, 3.8) is 0 Å². The molecule has 2 heterocycles. The van der Waals surface area contributed by atoms with Crippen molar-refractivity contribution in [3.8, 4) is 11.3 Å². The van der Waals surface area contributed by atoms with Crippen molar-refractivity contribution in [1.82, 2.24) is 9.88 Å². The number of nitro groups is 1. The van der Waals surface area contributed by atoms with Gasteiger partial charge in [0.05, 0.1) is 10.6 Å². The average Bonchev–Trinajstić information content (AvgIpc) is 3.36. The molecular formula is C26H22N4O4S. The van der Waals surface area contributed by atoms with Gasteiger partial charge in [-0.05, 0) is 29.7 Å². The molecule has 0 spiro atoms. The highest BCUT2D eigenvalue weighted by atomic mass is 32.1. The normalized spacial score (nSPS) is 14.1. The van der Waals surface area contributed by atoms with E-state index in [0.29, 0.717) is 47.9 Å². The minimum atomic E-state index is -0.448. The fourth-order valence-corrected chi connectivity index (χ4v) is 5.10. The van der Waals surface area contributed by atoms with E-state index in [1.807, 2.05) is 47.4 Å². The first-order valence-electron chi connectivity index (χ1n) is 11.3. The number of rotatable bonds is 5. The number of likely N-dealkylation sites (tertiary alicyclic amines) is 1. The Labute approximate surface area is 205 Å². The van der Waals surface area contributed by atoms with Crippen LogP contribution < -0.4 is 5.32 Å². The summed E-state index contributed by atoms with van der Waals surface area (Å²) in [5.74, 6) is -0.346. The third-order valence-corrected chi connectivity index (χ3v) is 7.02. The largest absolute Gasteiger partial charge is 0.339 e. The summed E-state index contributed by atoms with van der Waals surface area (Å²) in [5.41, 5.74) is 1.87. The van der Waals surface area contributed by atoms with Gasteiger partial charge in [-0.1, -0.05) is 48.5 Å². The molecular weight excluding hydrogens is 464 g/mol. The first-order valence-corrected chi connectivity index (χ1v) is 12.2. The van der Waals surface area contributed by atoms with Crippen LogP contribution in [-0.2, 0) is 4.79 Å². The molecule has 0 unspecified atom stereocenters. The second-order valence-corrected chi connectivity index (χ2v) is 9.29. The van der Waals surface area contributed by atoms with Gasteiger partial charge in [0.1, 0.15) is 0 Å². The van der Waals surface area contributed by atoms with E-state index < -0.39 is 4.92 Å². The minimum Gasteiger partial charge on any atom is -0.339 e. The highest BCUT2D eigenvalue weighted by Gasteiger charge is 2.29. The smallest absolute Gasteiger partial charge is 0.270 e. The number of nitrogens with one attached hydrogen (secondary N) is 1. The van der Waals surface area contributed by atoms with E-state index in [2.05, 4.69) is 10.3 Å². The number of nitro benzene ring substituents is 1. The lowest BCUT2D eigenvalue weighted by Gasteiger charge is -2.31. The van der Waals surface area contributed by atoms with Crippen molar-refractivity contribution in [3.05, 3.63) is 87.8 Å². The maximum Gasteiger partial charge on any atom is 0.270 e. The summed E-state index contributed by atoms with van der Waals surface area (Å²) >= 11 is 1.28. The Morgan fingerprint density at radius 1 is 1.03 bits per heavy atom. The lowest BCUT2D eigenvalue weighted by atomic mass is 9.95. The lowest BCUT2D eigenvalue weighted by molar-refractivity contribution is -0.384. The molecule has 1 N–H and O–H groups in total. The zero-order chi connectivity index (χ0) is 24.4. The van der Waals surface area contributed by atoms with Crippen LogP contribution in [0.1, 0.15) is 23.2 Å². The number of fused-ring (bicyclic) bond motifs is 1. The first kappa shape index (κ1) is 22.7. The molecule has 0 atom stereocenters. The number of piperidine rings is 1. The molecule has 176 valence electrons. The van der Waals surface area contributed by atoms with E-state index in [9.17, 15) is 19.7 Å². The molecule has 0 radical (unpaired) electrons. The molecule has 35 heavy (non-hydrogen) atoms. The molecule has 1 aliphatic heterocycles. The maximum atomic E-state index is 13.2. The van der Waals surface area contributed by atoms with Gasteiger partial charge in [0.25, 0.3) is 11.6 Å². The number of nitrogens with zero attached hydrogens (tertiary/aromatic N) is 3. The van der Waals surface area contributed by atoms with Crippen LogP contribution in [-0.4, -0.2) is 39.7 Å². The molecule has 1 fully saturated rings. The number of hydrogen-bond acceptors (Lipinski definition) is 6. The Kier molecular flexibility index (Phi) is 6.24. The summed E-state index contributed by atoms with van der Waals surface area (Å²) in [4.78, 5) is 42.8. The van der Waals surface area contributed by atoms with Gasteiger partial charge >= 0.3 is 0 Å². The fraction of sp³-hybridized carbons (Fsp3) is 0.192. The van der Waals surface area contributed by atoms with Crippen LogP contribution >= 0.6 is 11.3 Å². The van der Waals surface area contributed by atoms with Crippen LogP contribution in [0.3, 0.4) is 0 Å². The van der Waals surface area contributed by atoms with Gasteiger partial charge in [-0.3, -0.25) is 19.7 Å². The van der Waals surface area contributed by atoms with Gasteiger partial charge in [0.2, 0.25) is 5.91 Å². The highest BCUT2D eigenvalue weighted by molar-refractivity contribution is 7.14. The zero-order valence-electron chi connectivity index (χ0n) is 18.7. The van der Waals surface area contributed by atoms with Gasteiger partial charge in [-0.2, -0.15) is 0 Å². The molecule has 2 amide bonds. The summed E-state index contributed by atoms with van der Waals surface area (Å²) in [6, 6.07) is 19.8. The van der Waals surface area contributed by atoms with Crippen LogP contribution in [0.25, 0.3) is 22.0 Å². The Morgan fingerprint density at radius 3 is 2.57 bits per heavy atom. The van der Waals surface area contributed by atoms with Crippen molar-refractivity contribution < 1.29 is 14.5 Å². The monoisotopic (exact) mass is 486 g/mol. The molecule has 1 aromatic heterocycles. The van der Waals surface area contributed by atoms with Crippen LogP contribution in [0.5, 0.6) is 0 Å². The molecule has 1 aliphatic rings. The molecule has 0 bridgehead atoms. The van der Waals surface area contributed by atoms with Crippen LogP contribution in [0.4, 0.5) is 10.8 Å². The van der Waals surface area contributed by atoms with Crippen LogP contribution in [0.15, 0.2) is 72.1 Å². The van der Waals surface area contributed by atoms with E-state index in [-0.39, 0.29) is 23.4 Å². The van der Waals surface area contributed by atoms with Crippen molar-refractivity contribution in [2.45, 2.75) is 12.8 Å². The number of thiazole rings is 1. The molecule has 9 heteroatoms. The number of amides is 2. The van der Waals surface area contributed by atoms with Gasteiger partial charge in [-0.15, -0.1) is 11.3 Å². The Bertz CT molecular complexity index is 1420. The maximum absolute atomic E-state index is 13.2. The second-order valence-electron chi connectivity index (χ2n) is 8.43. The van der Waals surface area contributed by atoms with E-state index in [0.717, 1.165) is 10.8 Å². The van der Waals surface area contributed by atoms with E-state index in [4.69, 9.17) is 0 Å². The van der Waals surface area contributed by atoms with E-state index in [1.54, 1.807) is 17.5 Å². The SMILES string of the molecule is O=C(Nc1nc(-c2cccc([N+](=O)[O-])c2)cs1)C1CCN(C(=O)c2cccc3ccccc23)CC1. The van der Waals surface area contributed by atoms with Crippen molar-refractivity contribution in [2.75, 3.05) is 18.4 Å². The summed E-state index contributed by atoms with van der Waals surface area (Å²) in [6.45, 7) is 1.02. The molecule has 8 nitrogen and oxygen atoms in total. The lowest BCUT2D eigenvalue weighted by Crippen LogP contribution is -2.41. The van der Waals surface area contributed by atoms with E-state index >= 15 is 0 Å². The number of carbonyl (C=O) groups is 2. The zero-order valence-corrected chi connectivity index (χ0v) is 19.5. The number of aromatic nitrogens is 1. The van der Waals surface area contributed by atoms with Crippen molar-refractivity contribution >= 4 is 44.7 Å². The highest BCUT2D eigenvalue weighted by Crippen LogP contribution is 2.29. The molecule has 1 saturated heterocycles. The summed E-state index contributed by atoms with van der Waals surface area (Å²) < 4.78 is 0. The van der Waals surface area contributed by atoms with Crippen LogP contribution in [0.2, 0.25) is 0 Å². The number of carbonyl (C=O) groups excluding carboxylic acids is 2. The Balaban J connectivity index is 1.20. The average molecular weight is 487 g/mol. The molecule has 4 aromatic rings. The Morgan fingerprint density at radius 2 is 1.77 bits per heavy atom. The minimum absolute atomic E-state index is 0.00843. The van der Waals surface area contributed by atoms with Gasteiger partial charge in [-0.25, -0.2) is 4.98 Å². The topological polar surface area (TPSA) is 105 Å². The Hall–Kier alpha value is -4.11. The summed E-state index contributed by atoms with van der Waals surface area (Å²) in [6.07, 6.45) is 1.15. The molecule has 0 aliphatic carbocycles. The molecule has 0 saturated carbocycles. The standard InChI is InChI=1S/C26H22N4O4S/c31-24(28-26-27-23(16-35-26)19-7-3-8-20(15-19)30(33)34)18-11-13-29(14-12-18)25(32)22-10-4-6-17-5-1-2-9-21(17)22/h1-10,15-16,18H,11-14H2,(H,27,28,31). The van der Waals surface area contributed by atoms with Gasteiger partial charge in [0.15, 0.2) is 5.13 Å². The van der Waals surface area contributed by atoms with Crippen molar-refractivity contribution in [2.24, 2.45) is 5.92 Å². The number of anilines is 1. The molecule has 5 rings (SSSR count). The van der Waals surface area contributed by atoms with Crippen molar-refractivity contribution in [1.29, 1.82) is 0 Å².